The fourth-order valence-corrected chi connectivity index (χ4v) is 4.12. The van der Waals surface area contributed by atoms with E-state index >= 15 is 0 Å². The van der Waals surface area contributed by atoms with E-state index in [2.05, 4.69) is 9.46 Å². The van der Waals surface area contributed by atoms with Crippen LogP contribution >= 0.6 is 0 Å². The van der Waals surface area contributed by atoms with Crippen molar-refractivity contribution < 1.29 is 32.8 Å². The lowest BCUT2D eigenvalue weighted by atomic mass is 9.90. The van der Waals surface area contributed by atoms with Crippen LogP contribution in [0.3, 0.4) is 0 Å². The summed E-state index contributed by atoms with van der Waals surface area (Å²) in [6.07, 6.45) is -0.501. The summed E-state index contributed by atoms with van der Waals surface area (Å²) in [5, 5.41) is 19.7. The van der Waals surface area contributed by atoms with E-state index in [-0.39, 0.29) is 36.5 Å². The van der Waals surface area contributed by atoms with Crippen LogP contribution in [0.15, 0.2) is 29.2 Å². The number of nitrogens with one attached hydrogen (secondary N) is 1. The first-order valence-corrected chi connectivity index (χ1v) is 9.46. The van der Waals surface area contributed by atoms with Gasteiger partial charge in [-0.3, -0.25) is 14.9 Å². The molecule has 148 valence electrons. The predicted octanol–water partition coefficient (Wildman–Crippen LogP) is 0.805. The van der Waals surface area contributed by atoms with Gasteiger partial charge in [0.05, 0.1) is 16.9 Å². The predicted molar refractivity (Wildman–Crippen MR) is 91.5 cm³/mol. The molecule has 12 heteroatoms. The van der Waals surface area contributed by atoms with E-state index in [1.165, 1.54) is 4.90 Å². The molecule has 1 atom stereocenters. The maximum atomic E-state index is 12.6. The zero-order chi connectivity index (χ0) is 20.2. The number of nitro groups is 1. The second-order valence-electron chi connectivity index (χ2n) is 5.98. The molecule has 2 rings (SSSR count). The number of ether oxygens (including phenoxy) is 1. The molecular formula is C15H19N3O8S. The first-order chi connectivity index (χ1) is 12.7. The lowest BCUT2D eigenvalue weighted by Gasteiger charge is -2.33. The van der Waals surface area contributed by atoms with Gasteiger partial charge in [-0.05, 0) is 30.9 Å². The number of amides is 1. The number of likely N-dealkylation sites (tertiary alicyclic amines) is 1. The molecule has 1 aromatic rings. The quantitative estimate of drug-likeness (QED) is 0.403. The minimum atomic E-state index is -4.14. The Balaban J connectivity index is 2.18. The molecule has 11 nitrogen and oxygen atoms in total. The summed E-state index contributed by atoms with van der Waals surface area (Å²) in [6, 6.07) is 3.05. The van der Waals surface area contributed by atoms with Crippen molar-refractivity contribution in [2.45, 2.75) is 23.8 Å². The summed E-state index contributed by atoms with van der Waals surface area (Å²) in [7, 11) is -3.01. The van der Waals surface area contributed by atoms with Gasteiger partial charge in [-0.2, -0.15) is 4.72 Å². The highest BCUT2D eigenvalue weighted by Gasteiger charge is 2.36. The Morgan fingerprint density at radius 1 is 1.30 bits per heavy atom. The third-order valence-electron chi connectivity index (χ3n) is 4.38. The zero-order valence-corrected chi connectivity index (χ0v) is 15.2. The monoisotopic (exact) mass is 401 g/mol. The molecule has 0 aromatic heterocycles. The highest BCUT2D eigenvalue weighted by Crippen LogP contribution is 2.24. The van der Waals surface area contributed by atoms with Gasteiger partial charge in [-0.25, -0.2) is 13.2 Å². The molecule has 0 spiro atoms. The van der Waals surface area contributed by atoms with E-state index in [0.29, 0.717) is 0 Å². The van der Waals surface area contributed by atoms with E-state index in [9.17, 15) is 28.1 Å². The number of rotatable bonds is 6. The van der Waals surface area contributed by atoms with Crippen molar-refractivity contribution in [3.05, 3.63) is 34.4 Å². The lowest BCUT2D eigenvalue weighted by Crippen LogP contribution is -2.50. The van der Waals surface area contributed by atoms with Crippen LogP contribution in [-0.2, 0) is 19.6 Å². The van der Waals surface area contributed by atoms with Crippen molar-refractivity contribution in [3.63, 3.8) is 0 Å². The number of nitro benzene ring substituents is 1. The Hall–Kier alpha value is -2.73. The number of non-ortho nitro benzene ring substituents is 1. The van der Waals surface area contributed by atoms with Crippen LogP contribution in [0.4, 0.5) is 10.5 Å². The molecule has 1 unspecified atom stereocenters. The third kappa shape index (κ3) is 4.92. The minimum Gasteiger partial charge on any atom is -0.468 e. The van der Waals surface area contributed by atoms with E-state index in [0.717, 1.165) is 31.4 Å². The number of carbonyl (C=O) groups is 2. The number of esters is 1. The molecule has 2 N–H and O–H groups in total. The fourth-order valence-electron chi connectivity index (χ4n) is 2.87. The van der Waals surface area contributed by atoms with Crippen molar-refractivity contribution >= 4 is 27.8 Å². The number of benzene rings is 1. The van der Waals surface area contributed by atoms with Crippen molar-refractivity contribution in [1.82, 2.24) is 9.62 Å². The third-order valence-corrected chi connectivity index (χ3v) is 5.83. The zero-order valence-electron chi connectivity index (χ0n) is 14.4. The number of carbonyl (C=O) groups excluding carboxylic acids is 1. The van der Waals surface area contributed by atoms with E-state index in [1.807, 2.05) is 0 Å². The number of piperidine rings is 1. The molecule has 1 aromatic carbocycles. The topological polar surface area (TPSA) is 156 Å². The number of hydrogen-bond donors (Lipinski definition) is 2. The lowest BCUT2D eigenvalue weighted by molar-refractivity contribution is -0.384. The standard InChI is InChI=1S/C15H19N3O8S/c1-26-14(19)13(10-6-8-17(9-7-10)15(20)21)16-27(24,25)12-4-2-11(3-5-12)18(22)23/h2-5,10,13,16H,6-9H2,1H3,(H,20,21). The normalized spacial score (nSPS) is 16.6. The Kier molecular flexibility index (Phi) is 6.33. The SMILES string of the molecule is COC(=O)C(NS(=O)(=O)c1ccc([N+](=O)[O-])cc1)C1CCN(C(=O)O)CC1. The Morgan fingerprint density at radius 2 is 1.85 bits per heavy atom. The fraction of sp³-hybridized carbons (Fsp3) is 0.467. The number of methoxy groups -OCH3 is 1. The van der Waals surface area contributed by atoms with Crippen molar-refractivity contribution in [1.29, 1.82) is 0 Å². The highest BCUT2D eigenvalue weighted by molar-refractivity contribution is 7.89. The average Bonchev–Trinajstić information content (AvgIpc) is 2.65. The van der Waals surface area contributed by atoms with Gasteiger partial charge >= 0.3 is 12.1 Å². The Bertz CT molecular complexity index is 816. The van der Waals surface area contributed by atoms with Gasteiger partial charge in [-0.1, -0.05) is 0 Å². The van der Waals surface area contributed by atoms with Gasteiger partial charge in [0.1, 0.15) is 6.04 Å². The van der Waals surface area contributed by atoms with Gasteiger partial charge in [0, 0.05) is 25.2 Å². The molecule has 1 saturated heterocycles. The average molecular weight is 401 g/mol. The molecule has 27 heavy (non-hydrogen) atoms. The van der Waals surface area contributed by atoms with Crippen LogP contribution in [0.2, 0.25) is 0 Å². The maximum Gasteiger partial charge on any atom is 0.407 e. The number of carboxylic acid groups (broad SMARTS) is 1. The van der Waals surface area contributed by atoms with Gasteiger partial charge in [0.15, 0.2) is 0 Å². The largest absolute Gasteiger partial charge is 0.468 e. The molecule has 1 aliphatic heterocycles. The first kappa shape index (κ1) is 20.6. The van der Waals surface area contributed by atoms with Gasteiger partial charge in [0.2, 0.25) is 10.0 Å². The van der Waals surface area contributed by atoms with Crippen LogP contribution in [0, 0.1) is 16.0 Å². The maximum absolute atomic E-state index is 12.6. The molecule has 0 saturated carbocycles. The first-order valence-electron chi connectivity index (χ1n) is 7.98. The summed E-state index contributed by atoms with van der Waals surface area (Å²) < 4.78 is 32.1. The molecule has 1 aliphatic rings. The number of sulfonamides is 1. The van der Waals surface area contributed by atoms with E-state index in [4.69, 9.17) is 5.11 Å². The summed E-state index contributed by atoms with van der Waals surface area (Å²) in [5.74, 6) is -1.23. The van der Waals surface area contributed by atoms with Crippen LogP contribution < -0.4 is 4.72 Å². The second kappa shape index (κ2) is 8.31. The summed E-state index contributed by atoms with van der Waals surface area (Å²) in [4.78, 5) is 34.1. The summed E-state index contributed by atoms with van der Waals surface area (Å²) in [5.41, 5.74) is -0.264. The summed E-state index contributed by atoms with van der Waals surface area (Å²) >= 11 is 0. The molecular weight excluding hydrogens is 382 g/mol. The molecule has 0 aliphatic carbocycles. The van der Waals surface area contributed by atoms with Crippen molar-refractivity contribution in [2.24, 2.45) is 5.92 Å². The van der Waals surface area contributed by atoms with Crippen LogP contribution in [-0.4, -0.2) is 61.7 Å². The van der Waals surface area contributed by atoms with Crippen molar-refractivity contribution in [2.75, 3.05) is 20.2 Å². The molecule has 1 amide bonds. The van der Waals surface area contributed by atoms with Gasteiger partial charge in [-0.15, -0.1) is 0 Å². The molecule has 1 fully saturated rings. The van der Waals surface area contributed by atoms with E-state index < -0.39 is 39.0 Å². The molecule has 0 radical (unpaired) electrons. The number of hydrogen-bond acceptors (Lipinski definition) is 7. The smallest absolute Gasteiger partial charge is 0.407 e. The van der Waals surface area contributed by atoms with Crippen molar-refractivity contribution in [3.8, 4) is 0 Å². The number of nitrogens with zero attached hydrogens (tertiary/aromatic N) is 2. The van der Waals surface area contributed by atoms with Crippen LogP contribution in [0.25, 0.3) is 0 Å². The van der Waals surface area contributed by atoms with Gasteiger partial charge < -0.3 is 14.7 Å². The van der Waals surface area contributed by atoms with Crippen LogP contribution in [0.1, 0.15) is 12.8 Å². The molecule has 1 heterocycles. The summed E-state index contributed by atoms with van der Waals surface area (Å²) in [6.45, 7) is 0.347. The molecule has 0 bridgehead atoms. The van der Waals surface area contributed by atoms with Crippen LogP contribution in [0.5, 0.6) is 0 Å². The second-order valence-corrected chi connectivity index (χ2v) is 7.69. The minimum absolute atomic E-state index is 0.173. The highest BCUT2D eigenvalue weighted by atomic mass is 32.2. The van der Waals surface area contributed by atoms with Gasteiger partial charge in [0.25, 0.3) is 5.69 Å². The Morgan fingerprint density at radius 3 is 2.30 bits per heavy atom. The Labute approximate surface area is 155 Å². The van der Waals surface area contributed by atoms with E-state index in [1.54, 1.807) is 0 Å².